The van der Waals surface area contributed by atoms with Crippen LogP contribution >= 0.6 is 0 Å². The highest BCUT2D eigenvalue weighted by Gasteiger charge is 2.22. The molecular formula is C11H22O4. The van der Waals surface area contributed by atoms with E-state index in [1.54, 1.807) is 0 Å². The minimum absolute atomic E-state index is 0.221. The molecule has 0 rings (SSSR count). The molecule has 15 heavy (non-hydrogen) atoms. The minimum Gasteiger partial charge on any atom is -0.481 e. The lowest BCUT2D eigenvalue weighted by atomic mass is 9.92. The summed E-state index contributed by atoms with van der Waals surface area (Å²) in [6, 6.07) is 0. The average molecular weight is 218 g/mol. The quantitative estimate of drug-likeness (QED) is 0.648. The summed E-state index contributed by atoms with van der Waals surface area (Å²) in [5, 5.41) is 18.5. The Morgan fingerprint density at radius 1 is 1.33 bits per heavy atom. The van der Waals surface area contributed by atoms with E-state index in [0.29, 0.717) is 18.9 Å². The van der Waals surface area contributed by atoms with Gasteiger partial charge in [0.2, 0.25) is 0 Å². The topological polar surface area (TPSA) is 66.8 Å². The van der Waals surface area contributed by atoms with E-state index in [2.05, 4.69) is 0 Å². The molecule has 2 atom stereocenters. The lowest BCUT2D eigenvalue weighted by Gasteiger charge is -2.18. The number of carboxylic acid groups (broad SMARTS) is 1. The zero-order valence-electron chi connectivity index (χ0n) is 9.77. The zero-order valence-corrected chi connectivity index (χ0v) is 9.77. The number of aliphatic hydroxyl groups excluding tert-OH is 1. The summed E-state index contributed by atoms with van der Waals surface area (Å²) in [7, 11) is 0. The van der Waals surface area contributed by atoms with Gasteiger partial charge in [-0.25, -0.2) is 0 Å². The Hall–Kier alpha value is -0.610. The molecule has 2 unspecified atom stereocenters. The van der Waals surface area contributed by atoms with Crippen LogP contribution in [-0.4, -0.2) is 35.5 Å². The van der Waals surface area contributed by atoms with Gasteiger partial charge >= 0.3 is 5.97 Å². The van der Waals surface area contributed by atoms with Gasteiger partial charge in [-0.05, 0) is 25.7 Å². The van der Waals surface area contributed by atoms with Crippen LogP contribution in [0.1, 0.15) is 33.6 Å². The number of carbonyl (C=O) groups is 1. The first-order valence-corrected chi connectivity index (χ1v) is 5.46. The standard InChI is InChI=1S/C11H22O4/c1-4-15-7-10(12)6-9(11(13)14)5-8(2)3/h8-10,12H,4-7H2,1-3H3,(H,13,14). The van der Waals surface area contributed by atoms with E-state index in [1.807, 2.05) is 20.8 Å². The molecule has 0 heterocycles. The molecule has 0 aliphatic rings. The van der Waals surface area contributed by atoms with E-state index in [4.69, 9.17) is 9.84 Å². The molecule has 0 bridgehead atoms. The van der Waals surface area contributed by atoms with Crippen LogP contribution in [-0.2, 0) is 9.53 Å². The molecule has 2 N–H and O–H groups in total. The second-order valence-electron chi connectivity index (χ2n) is 4.21. The number of rotatable bonds is 8. The molecule has 0 aliphatic heterocycles. The lowest BCUT2D eigenvalue weighted by molar-refractivity contribution is -0.143. The van der Waals surface area contributed by atoms with E-state index < -0.39 is 18.0 Å². The Balaban J connectivity index is 3.98. The third-order valence-electron chi connectivity index (χ3n) is 2.18. The summed E-state index contributed by atoms with van der Waals surface area (Å²) in [5.41, 5.74) is 0. The molecule has 0 aromatic heterocycles. The molecule has 0 saturated carbocycles. The van der Waals surface area contributed by atoms with Crippen molar-refractivity contribution < 1.29 is 19.7 Å². The normalized spacial score (nSPS) is 15.3. The van der Waals surface area contributed by atoms with Crippen LogP contribution < -0.4 is 0 Å². The number of ether oxygens (including phenoxy) is 1. The molecule has 4 heteroatoms. The lowest BCUT2D eigenvalue weighted by Crippen LogP contribution is -2.25. The van der Waals surface area contributed by atoms with Crippen molar-refractivity contribution in [3.05, 3.63) is 0 Å². The van der Waals surface area contributed by atoms with Gasteiger partial charge in [-0.1, -0.05) is 13.8 Å². The number of aliphatic hydroxyl groups is 1. The average Bonchev–Trinajstić information content (AvgIpc) is 2.12. The monoisotopic (exact) mass is 218 g/mol. The van der Waals surface area contributed by atoms with Gasteiger partial charge in [-0.15, -0.1) is 0 Å². The van der Waals surface area contributed by atoms with Crippen LogP contribution in [0.4, 0.5) is 0 Å². The van der Waals surface area contributed by atoms with Gasteiger partial charge < -0.3 is 14.9 Å². The zero-order chi connectivity index (χ0) is 11.8. The molecule has 4 nitrogen and oxygen atoms in total. The fourth-order valence-electron chi connectivity index (χ4n) is 1.52. The van der Waals surface area contributed by atoms with Gasteiger partial charge in [-0.2, -0.15) is 0 Å². The Labute approximate surface area is 91.3 Å². The van der Waals surface area contributed by atoms with Crippen molar-refractivity contribution in [1.29, 1.82) is 0 Å². The number of carboxylic acids is 1. The molecule has 0 spiro atoms. The summed E-state index contributed by atoms with van der Waals surface area (Å²) in [6.07, 6.45) is 0.191. The minimum atomic E-state index is -0.834. The van der Waals surface area contributed by atoms with Crippen molar-refractivity contribution in [3.8, 4) is 0 Å². The van der Waals surface area contributed by atoms with E-state index >= 15 is 0 Å². The summed E-state index contributed by atoms with van der Waals surface area (Å²) < 4.78 is 5.04. The van der Waals surface area contributed by atoms with Crippen molar-refractivity contribution in [2.75, 3.05) is 13.2 Å². The van der Waals surface area contributed by atoms with Gasteiger partial charge in [0.05, 0.1) is 18.6 Å². The molecule has 0 saturated heterocycles. The molecule has 90 valence electrons. The van der Waals surface area contributed by atoms with Crippen molar-refractivity contribution in [2.45, 2.75) is 39.7 Å². The van der Waals surface area contributed by atoms with Crippen LogP contribution in [0.2, 0.25) is 0 Å². The molecule has 0 amide bonds. The summed E-state index contributed by atoms with van der Waals surface area (Å²) >= 11 is 0. The summed E-state index contributed by atoms with van der Waals surface area (Å²) in [4.78, 5) is 10.9. The van der Waals surface area contributed by atoms with Gasteiger partial charge in [-0.3, -0.25) is 4.79 Å². The van der Waals surface area contributed by atoms with Crippen LogP contribution in [0.5, 0.6) is 0 Å². The second kappa shape index (κ2) is 7.65. The Kier molecular flexibility index (Phi) is 7.34. The third kappa shape index (κ3) is 7.33. The molecule has 0 aromatic rings. The van der Waals surface area contributed by atoms with Crippen molar-refractivity contribution in [1.82, 2.24) is 0 Å². The number of aliphatic carboxylic acids is 1. The Morgan fingerprint density at radius 3 is 2.33 bits per heavy atom. The van der Waals surface area contributed by atoms with Crippen LogP contribution in [0, 0.1) is 11.8 Å². The van der Waals surface area contributed by atoms with E-state index in [-0.39, 0.29) is 13.0 Å². The predicted octanol–water partition coefficient (Wildman–Crippen LogP) is 1.52. The van der Waals surface area contributed by atoms with E-state index in [9.17, 15) is 9.90 Å². The van der Waals surface area contributed by atoms with Gasteiger partial charge in [0.1, 0.15) is 0 Å². The predicted molar refractivity (Wildman–Crippen MR) is 57.7 cm³/mol. The largest absolute Gasteiger partial charge is 0.481 e. The first kappa shape index (κ1) is 14.4. The highest BCUT2D eigenvalue weighted by molar-refractivity contribution is 5.69. The molecule has 0 aliphatic carbocycles. The van der Waals surface area contributed by atoms with Gasteiger partial charge in [0.25, 0.3) is 0 Å². The Morgan fingerprint density at radius 2 is 1.93 bits per heavy atom. The second-order valence-corrected chi connectivity index (χ2v) is 4.21. The number of hydrogen-bond acceptors (Lipinski definition) is 3. The molecule has 0 fully saturated rings. The summed E-state index contributed by atoms with van der Waals surface area (Å²) in [5.74, 6) is -0.981. The van der Waals surface area contributed by atoms with Crippen molar-refractivity contribution in [2.24, 2.45) is 11.8 Å². The van der Waals surface area contributed by atoms with Crippen molar-refractivity contribution >= 4 is 5.97 Å². The molecule has 0 aromatic carbocycles. The SMILES string of the molecule is CCOCC(O)CC(CC(C)C)C(=O)O. The fraction of sp³-hybridized carbons (Fsp3) is 0.909. The Bertz CT molecular complexity index is 179. The van der Waals surface area contributed by atoms with Gasteiger partial charge in [0, 0.05) is 6.61 Å². The van der Waals surface area contributed by atoms with E-state index in [0.717, 1.165) is 0 Å². The fourth-order valence-corrected chi connectivity index (χ4v) is 1.52. The smallest absolute Gasteiger partial charge is 0.306 e. The van der Waals surface area contributed by atoms with Crippen molar-refractivity contribution in [3.63, 3.8) is 0 Å². The third-order valence-corrected chi connectivity index (χ3v) is 2.18. The van der Waals surface area contributed by atoms with Gasteiger partial charge in [0.15, 0.2) is 0 Å². The maximum absolute atomic E-state index is 10.9. The molecule has 0 radical (unpaired) electrons. The molecular weight excluding hydrogens is 196 g/mol. The van der Waals surface area contributed by atoms with E-state index in [1.165, 1.54) is 0 Å². The first-order chi connectivity index (χ1) is 6.97. The maximum atomic E-state index is 10.9. The highest BCUT2D eigenvalue weighted by atomic mass is 16.5. The van der Waals surface area contributed by atoms with Crippen LogP contribution in [0.25, 0.3) is 0 Å². The summed E-state index contributed by atoms with van der Waals surface area (Å²) in [6.45, 7) is 6.56. The maximum Gasteiger partial charge on any atom is 0.306 e. The highest BCUT2D eigenvalue weighted by Crippen LogP contribution is 2.17. The van der Waals surface area contributed by atoms with Crippen LogP contribution in [0.3, 0.4) is 0 Å². The van der Waals surface area contributed by atoms with Crippen LogP contribution in [0.15, 0.2) is 0 Å². The number of hydrogen-bond donors (Lipinski definition) is 2. The first-order valence-electron chi connectivity index (χ1n) is 5.46.